The summed E-state index contributed by atoms with van der Waals surface area (Å²) in [5.41, 5.74) is 1.27. The van der Waals surface area contributed by atoms with E-state index in [1.54, 1.807) is 0 Å². The van der Waals surface area contributed by atoms with E-state index in [0.717, 1.165) is 45.7 Å². The van der Waals surface area contributed by atoms with Crippen LogP contribution in [0.3, 0.4) is 0 Å². The average Bonchev–Trinajstić information content (AvgIpc) is 2.93. The zero-order valence-corrected chi connectivity index (χ0v) is 10.3. The Hall–Kier alpha value is -0.910. The maximum Gasteiger partial charge on any atom is 0.170 e. The largest absolute Gasteiger partial charge is 0.347 e. The van der Waals surface area contributed by atoms with Crippen LogP contribution in [-0.2, 0) is 23.1 Å². The second-order valence-electron chi connectivity index (χ2n) is 4.91. The number of nitrogens with zero attached hydrogens (tertiary/aromatic N) is 3. The summed E-state index contributed by atoms with van der Waals surface area (Å²) in [7, 11) is 1.95. The second-order valence-corrected chi connectivity index (χ2v) is 4.91. The number of hydrogen-bond acceptors (Lipinski definition) is 4. The molecule has 2 saturated heterocycles. The first-order valence-electron chi connectivity index (χ1n) is 6.24. The van der Waals surface area contributed by atoms with Gasteiger partial charge in [0.25, 0.3) is 0 Å². The van der Waals surface area contributed by atoms with E-state index in [1.807, 2.05) is 17.9 Å². The molecule has 2 aliphatic rings. The van der Waals surface area contributed by atoms with Crippen LogP contribution in [0.1, 0.15) is 18.4 Å². The fourth-order valence-corrected chi connectivity index (χ4v) is 2.65. The molecule has 3 rings (SSSR count). The van der Waals surface area contributed by atoms with Crippen molar-refractivity contribution in [1.82, 2.24) is 14.7 Å². The summed E-state index contributed by atoms with van der Waals surface area (Å²) in [5.74, 6) is -0.258. The monoisotopic (exact) mass is 237 g/mol. The van der Waals surface area contributed by atoms with Crippen molar-refractivity contribution in [2.45, 2.75) is 25.2 Å². The molecule has 0 N–H and O–H groups in total. The van der Waals surface area contributed by atoms with Gasteiger partial charge in [-0.25, -0.2) is 0 Å². The van der Waals surface area contributed by atoms with Crippen molar-refractivity contribution in [1.29, 1.82) is 0 Å². The number of aryl methyl sites for hydroxylation is 1. The molecule has 0 unspecified atom stereocenters. The molecule has 94 valence electrons. The molecule has 1 aromatic heterocycles. The van der Waals surface area contributed by atoms with E-state index in [4.69, 9.17) is 9.47 Å². The van der Waals surface area contributed by atoms with Gasteiger partial charge in [0.05, 0.1) is 19.4 Å². The number of likely N-dealkylation sites (tertiary alicyclic amines) is 1. The molecular weight excluding hydrogens is 218 g/mol. The molecular formula is C12H19N3O2. The van der Waals surface area contributed by atoms with Crippen LogP contribution < -0.4 is 0 Å². The standard InChI is InChI=1S/C12H19N3O2/c1-14-9-11(8-13-14)10-15-4-2-12(3-5-15)16-6-7-17-12/h8-9H,2-7,10H2,1H3. The summed E-state index contributed by atoms with van der Waals surface area (Å²) < 4.78 is 13.3. The quantitative estimate of drug-likeness (QED) is 0.761. The van der Waals surface area contributed by atoms with E-state index < -0.39 is 0 Å². The van der Waals surface area contributed by atoms with Crippen LogP contribution in [-0.4, -0.2) is 46.8 Å². The van der Waals surface area contributed by atoms with E-state index in [2.05, 4.69) is 16.2 Å². The minimum absolute atomic E-state index is 0.258. The Bertz CT molecular complexity index is 375. The third kappa shape index (κ3) is 2.36. The van der Waals surface area contributed by atoms with Gasteiger partial charge < -0.3 is 9.47 Å². The number of hydrogen-bond donors (Lipinski definition) is 0. The summed E-state index contributed by atoms with van der Waals surface area (Å²) >= 11 is 0. The van der Waals surface area contributed by atoms with E-state index >= 15 is 0 Å². The molecule has 0 saturated carbocycles. The molecule has 0 bridgehead atoms. The first-order valence-corrected chi connectivity index (χ1v) is 6.24. The number of rotatable bonds is 2. The molecule has 1 aromatic rings. The molecule has 17 heavy (non-hydrogen) atoms. The van der Waals surface area contributed by atoms with Crippen molar-refractivity contribution in [2.75, 3.05) is 26.3 Å². The van der Waals surface area contributed by atoms with Gasteiger partial charge in [-0.1, -0.05) is 0 Å². The fraction of sp³-hybridized carbons (Fsp3) is 0.750. The average molecular weight is 237 g/mol. The van der Waals surface area contributed by atoms with Gasteiger partial charge in [0.1, 0.15) is 0 Å². The molecule has 5 nitrogen and oxygen atoms in total. The summed E-state index contributed by atoms with van der Waals surface area (Å²) in [6.07, 6.45) is 5.97. The summed E-state index contributed by atoms with van der Waals surface area (Å²) in [6.45, 7) is 4.55. The highest BCUT2D eigenvalue weighted by molar-refractivity contribution is 5.03. The molecule has 0 aliphatic carbocycles. The SMILES string of the molecule is Cn1cc(CN2CCC3(CC2)OCCO3)cn1. The number of aromatic nitrogens is 2. The van der Waals surface area contributed by atoms with Crippen LogP contribution in [0.5, 0.6) is 0 Å². The number of piperidine rings is 1. The summed E-state index contributed by atoms with van der Waals surface area (Å²) in [4.78, 5) is 2.44. The maximum absolute atomic E-state index is 5.72. The Kier molecular flexibility index (Phi) is 2.90. The molecule has 0 radical (unpaired) electrons. The first kappa shape index (κ1) is 11.2. The molecule has 1 spiro atoms. The highest BCUT2D eigenvalue weighted by atomic mass is 16.7. The van der Waals surface area contributed by atoms with Crippen LogP contribution >= 0.6 is 0 Å². The van der Waals surface area contributed by atoms with Crippen molar-refractivity contribution < 1.29 is 9.47 Å². The molecule has 0 amide bonds. The molecule has 5 heteroatoms. The van der Waals surface area contributed by atoms with Gasteiger partial charge in [-0.05, 0) is 0 Å². The Morgan fingerprint density at radius 1 is 1.29 bits per heavy atom. The van der Waals surface area contributed by atoms with Gasteiger partial charge in [0, 0.05) is 51.3 Å². The lowest BCUT2D eigenvalue weighted by Crippen LogP contribution is -2.44. The molecule has 3 heterocycles. The van der Waals surface area contributed by atoms with Crippen molar-refractivity contribution in [3.63, 3.8) is 0 Å². The van der Waals surface area contributed by atoms with Gasteiger partial charge in [0.15, 0.2) is 5.79 Å². The third-order valence-electron chi connectivity index (χ3n) is 3.60. The minimum atomic E-state index is -0.258. The predicted octanol–water partition coefficient (Wildman–Crippen LogP) is 0.759. The smallest absolute Gasteiger partial charge is 0.170 e. The highest BCUT2D eigenvalue weighted by Crippen LogP contribution is 2.31. The van der Waals surface area contributed by atoms with Gasteiger partial charge in [0.2, 0.25) is 0 Å². The Labute approximate surface area is 101 Å². The van der Waals surface area contributed by atoms with Crippen LogP contribution in [0.4, 0.5) is 0 Å². The maximum atomic E-state index is 5.72. The topological polar surface area (TPSA) is 39.5 Å². The number of ether oxygens (including phenoxy) is 2. The highest BCUT2D eigenvalue weighted by Gasteiger charge is 2.39. The Balaban J connectivity index is 1.54. The van der Waals surface area contributed by atoms with Gasteiger partial charge in [-0.3, -0.25) is 9.58 Å². The lowest BCUT2D eigenvalue weighted by atomic mass is 10.0. The second kappa shape index (κ2) is 4.40. The van der Waals surface area contributed by atoms with Crippen molar-refractivity contribution in [2.24, 2.45) is 7.05 Å². The zero-order valence-electron chi connectivity index (χ0n) is 10.3. The van der Waals surface area contributed by atoms with E-state index in [1.165, 1.54) is 5.56 Å². The van der Waals surface area contributed by atoms with Crippen molar-refractivity contribution >= 4 is 0 Å². The minimum Gasteiger partial charge on any atom is -0.347 e. The third-order valence-corrected chi connectivity index (χ3v) is 3.60. The van der Waals surface area contributed by atoms with Crippen LogP contribution in [0.2, 0.25) is 0 Å². The molecule has 0 aromatic carbocycles. The van der Waals surface area contributed by atoms with Crippen LogP contribution in [0.15, 0.2) is 12.4 Å². The molecule has 2 fully saturated rings. The zero-order chi connectivity index (χ0) is 11.7. The summed E-state index contributed by atoms with van der Waals surface area (Å²) in [6, 6.07) is 0. The van der Waals surface area contributed by atoms with Crippen LogP contribution in [0, 0.1) is 0 Å². The van der Waals surface area contributed by atoms with Gasteiger partial charge in [-0.15, -0.1) is 0 Å². The Morgan fingerprint density at radius 3 is 2.59 bits per heavy atom. The van der Waals surface area contributed by atoms with Crippen molar-refractivity contribution in [3.05, 3.63) is 18.0 Å². The lowest BCUT2D eigenvalue weighted by molar-refractivity contribution is -0.185. The Morgan fingerprint density at radius 2 is 2.00 bits per heavy atom. The van der Waals surface area contributed by atoms with E-state index in [-0.39, 0.29) is 5.79 Å². The van der Waals surface area contributed by atoms with Gasteiger partial charge >= 0.3 is 0 Å². The fourth-order valence-electron chi connectivity index (χ4n) is 2.65. The summed E-state index contributed by atoms with van der Waals surface area (Å²) in [5, 5.41) is 4.19. The molecule has 2 aliphatic heterocycles. The first-order chi connectivity index (χ1) is 8.26. The molecule has 0 atom stereocenters. The van der Waals surface area contributed by atoms with Crippen LogP contribution in [0.25, 0.3) is 0 Å². The van der Waals surface area contributed by atoms with E-state index in [9.17, 15) is 0 Å². The predicted molar refractivity (Wildman–Crippen MR) is 62.4 cm³/mol. The van der Waals surface area contributed by atoms with Gasteiger partial charge in [-0.2, -0.15) is 5.10 Å². The van der Waals surface area contributed by atoms with Crippen molar-refractivity contribution in [3.8, 4) is 0 Å². The normalized spacial score (nSPS) is 24.5. The van der Waals surface area contributed by atoms with E-state index in [0.29, 0.717) is 0 Å². The lowest BCUT2D eigenvalue weighted by Gasteiger charge is -2.37.